The number of allylic oxidation sites excluding steroid dienone is 27. The van der Waals surface area contributed by atoms with Crippen LogP contribution in [0.2, 0.25) is 0 Å². The number of quaternary nitrogens is 1. The van der Waals surface area contributed by atoms with E-state index in [1.54, 1.807) is 6.08 Å². The molecule has 0 aliphatic carbocycles. The highest BCUT2D eigenvalue weighted by atomic mass is 31.2. The lowest BCUT2D eigenvalue weighted by Gasteiger charge is -2.25. The van der Waals surface area contributed by atoms with Gasteiger partial charge in [0.25, 0.3) is 0 Å². The number of unbranched alkanes of at least 4 members (excludes halogenated alkanes) is 11. The van der Waals surface area contributed by atoms with Crippen LogP contribution in [0.1, 0.15) is 187 Å². The van der Waals surface area contributed by atoms with Crippen molar-refractivity contribution in [2.45, 2.75) is 199 Å². The maximum absolute atomic E-state index is 12.9. The van der Waals surface area contributed by atoms with Gasteiger partial charge < -0.3 is 19.8 Å². The standard InChI is InChI=1S/C66H107N2O6P/c1-6-8-10-12-14-16-18-20-21-22-23-24-25-26-27-28-29-30-31-32-33-34-35-36-37-38-39-40-41-42-43-44-45-46-47-48-50-52-54-56-58-60-66(70)67-64(63-74-75(71,72)73-62-61-68(3,4)5)65(69)59-57-55-53-51-49-19-17-15-13-11-9-7-2/h8,10,13-16,20-21,23-24,26-27,29-30,32-33,35-36,38-39,41-42,44-45,49,51,57,59,64-65,69H,6-7,9,11-12,17-19,22,25,28,31,34,37,40,43,46-48,50,52-56,58,60-63H2,1-5H3,(H-,67,70,71,72)/p+1/b10-8-,15-13+,16-14-,21-20-,24-23-,27-26-,30-29-,33-32-,36-35-,39-38-,42-41-,45-44-,51-49+,59-57+. The van der Waals surface area contributed by atoms with Crippen LogP contribution < -0.4 is 5.32 Å². The summed E-state index contributed by atoms with van der Waals surface area (Å²) in [6, 6.07) is -0.887. The predicted molar refractivity (Wildman–Crippen MR) is 327 cm³/mol. The molecule has 3 unspecified atom stereocenters. The minimum Gasteiger partial charge on any atom is -0.387 e. The summed E-state index contributed by atoms with van der Waals surface area (Å²) in [5, 5.41) is 13.8. The topological polar surface area (TPSA) is 105 Å². The summed E-state index contributed by atoms with van der Waals surface area (Å²) in [7, 11) is 1.51. The number of nitrogens with one attached hydrogen (secondary N) is 1. The van der Waals surface area contributed by atoms with Gasteiger partial charge in [-0.05, 0) is 122 Å². The van der Waals surface area contributed by atoms with Gasteiger partial charge in [-0.25, -0.2) is 4.57 Å². The van der Waals surface area contributed by atoms with Crippen LogP contribution >= 0.6 is 7.82 Å². The molecule has 3 atom stereocenters. The molecule has 0 aliphatic heterocycles. The Morgan fingerprint density at radius 3 is 1.23 bits per heavy atom. The molecule has 0 bridgehead atoms. The summed E-state index contributed by atoms with van der Waals surface area (Å²) in [4.78, 5) is 23.2. The molecule has 0 fully saturated rings. The van der Waals surface area contributed by atoms with E-state index in [1.807, 2.05) is 27.2 Å². The van der Waals surface area contributed by atoms with Crippen molar-refractivity contribution in [3.63, 3.8) is 0 Å². The van der Waals surface area contributed by atoms with Gasteiger partial charge in [0, 0.05) is 6.42 Å². The molecular formula is C66H108N2O6P+. The minimum absolute atomic E-state index is 0.0419. The highest BCUT2D eigenvalue weighted by Crippen LogP contribution is 2.43. The molecule has 9 heteroatoms. The number of nitrogens with zero attached hydrogens (tertiary/aromatic N) is 1. The highest BCUT2D eigenvalue weighted by molar-refractivity contribution is 7.47. The summed E-state index contributed by atoms with van der Waals surface area (Å²) in [5.41, 5.74) is 0. The molecule has 0 aromatic heterocycles. The smallest absolute Gasteiger partial charge is 0.387 e. The number of aliphatic hydroxyl groups is 1. The summed E-state index contributed by atoms with van der Waals surface area (Å²) in [6.07, 6.45) is 87.5. The van der Waals surface area contributed by atoms with E-state index in [2.05, 4.69) is 177 Å². The Kier molecular flexibility index (Phi) is 51.6. The second kappa shape index (κ2) is 54.6. The lowest BCUT2D eigenvalue weighted by molar-refractivity contribution is -0.870. The van der Waals surface area contributed by atoms with E-state index in [0.717, 1.165) is 135 Å². The first kappa shape index (κ1) is 70.9. The third kappa shape index (κ3) is 57.4. The van der Waals surface area contributed by atoms with Gasteiger partial charge >= 0.3 is 7.82 Å². The van der Waals surface area contributed by atoms with Crippen molar-refractivity contribution in [1.82, 2.24) is 5.32 Å². The molecule has 75 heavy (non-hydrogen) atoms. The van der Waals surface area contributed by atoms with Gasteiger partial charge in [0.05, 0.1) is 39.9 Å². The number of phosphoric ester groups is 1. The van der Waals surface area contributed by atoms with Crippen LogP contribution in [0.4, 0.5) is 0 Å². The van der Waals surface area contributed by atoms with Crippen molar-refractivity contribution in [1.29, 1.82) is 0 Å². The highest BCUT2D eigenvalue weighted by Gasteiger charge is 2.27. The monoisotopic (exact) mass is 1060 g/mol. The lowest BCUT2D eigenvalue weighted by atomic mass is 10.1. The lowest BCUT2D eigenvalue weighted by Crippen LogP contribution is -2.45. The average molecular weight is 1060 g/mol. The van der Waals surface area contributed by atoms with Gasteiger partial charge in [-0.2, -0.15) is 0 Å². The summed E-state index contributed by atoms with van der Waals surface area (Å²) in [5.74, 6) is -0.212. The SMILES string of the molecule is CC/C=C\C/C=C\C/C=C\C/C=C\C/C=C\C/C=C\C/C=C\C/C=C\C/C=C\C/C=C\C/C=C\CCCCCCCCCC(=O)NC(COP(=O)(O)OCC[N+](C)(C)C)C(O)/C=C/CC/C=C/CC/C=C/CCCC. The second-order valence-electron chi connectivity index (χ2n) is 19.9. The van der Waals surface area contributed by atoms with Crippen molar-refractivity contribution in [2.75, 3.05) is 40.9 Å². The molecule has 0 aromatic carbocycles. The van der Waals surface area contributed by atoms with Gasteiger partial charge in [-0.3, -0.25) is 13.8 Å². The quantitative estimate of drug-likeness (QED) is 0.0243. The summed E-state index contributed by atoms with van der Waals surface area (Å²) >= 11 is 0. The molecule has 3 N–H and O–H groups in total. The van der Waals surface area contributed by atoms with Crippen molar-refractivity contribution in [2.24, 2.45) is 0 Å². The number of rotatable bonds is 50. The van der Waals surface area contributed by atoms with Crippen LogP contribution in [-0.2, 0) is 18.4 Å². The average Bonchev–Trinajstić information content (AvgIpc) is 3.37. The van der Waals surface area contributed by atoms with Crippen LogP contribution in [0.25, 0.3) is 0 Å². The zero-order valence-electron chi connectivity index (χ0n) is 48.0. The molecule has 0 saturated heterocycles. The molecule has 0 aromatic rings. The van der Waals surface area contributed by atoms with E-state index in [1.165, 1.54) is 32.1 Å². The molecule has 0 rings (SSSR count). The third-order valence-electron chi connectivity index (χ3n) is 11.6. The molecule has 0 radical (unpaired) electrons. The summed E-state index contributed by atoms with van der Waals surface area (Å²) < 4.78 is 23.6. The van der Waals surface area contributed by atoms with Gasteiger partial charge in [-0.1, -0.05) is 229 Å². The number of hydrogen-bond donors (Lipinski definition) is 3. The number of carbonyl (C=O) groups is 1. The van der Waals surface area contributed by atoms with Crippen LogP contribution in [0, 0.1) is 0 Å². The maximum Gasteiger partial charge on any atom is 0.472 e. The molecule has 0 aliphatic rings. The van der Waals surface area contributed by atoms with Crippen LogP contribution in [0.5, 0.6) is 0 Å². The minimum atomic E-state index is -4.37. The fraction of sp³-hybridized carbons (Fsp3) is 0.561. The van der Waals surface area contributed by atoms with Gasteiger partial charge in [0.1, 0.15) is 13.2 Å². The van der Waals surface area contributed by atoms with Gasteiger partial charge in [-0.15, -0.1) is 0 Å². The van der Waals surface area contributed by atoms with E-state index < -0.39 is 20.0 Å². The van der Waals surface area contributed by atoms with Crippen molar-refractivity contribution >= 4 is 13.7 Å². The molecule has 1 amide bonds. The van der Waals surface area contributed by atoms with E-state index in [9.17, 15) is 19.4 Å². The Hall–Kier alpha value is -4.14. The fourth-order valence-electron chi connectivity index (χ4n) is 7.12. The first-order chi connectivity index (χ1) is 36.5. The molecule has 8 nitrogen and oxygen atoms in total. The number of aliphatic hydroxyl groups excluding tert-OH is 1. The predicted octanol–water partition coefficient (Wildman–Crippen LogP) is 18.0. The number of hydrogen-bond acceptors (Lipinski definition) is 5. The van der Waals surface area contributed by atoms with Gasteiger partial charge in [0.2, 0.25) is 5.91 Å². The molecular weight excluding hydrogens is 948 g/mol. The van der Waals surface area contributed by atoms with Crippen molar-refractivity contribution in [3.05, 3.63) is 170 Å². The van der Waals surface area contributed by atoms with E-state index >= 15 is 0 Å². The Balaban J connectivity index is 4.16. The fourth-order valence-corrected chi connectivity index (χ4v) is 7.86. The summed E-state index contributed by atoms with van der Waals surface area (Å²) in [6.45, 7) is 4.57. The van der Waals surface area contributed by atoms with E-state index in [-0.39, 0.29) is 19.1 Å². The van der Waals surface area contributed by atoms with E-state index in [4.69, 9.17) is 9.05 Å². The molecule has 0 spiro atoms. The Bertz CT molecular complexity index is 1820. The first-order valence-electron chi connectivity index (χ1n) is 29.0. The zero-order valence-corrected chi connectivity index (χ0v) is 48.8. The third-order valence-corrected chi connectivity index (χ3v) is 12.6. The largest absolute Gasteiger partial charge is 0.472 e. The Labute approximate surface area is 460 Å². The van der Waals surface area contributed by atoms with Crippen molar-refractivity contribution < 1.29 is 32.9 Å². The number of likely N-dealkylation sites (N-methyl/N-ethyl adjacent to an activating group) is 1. The molecule has 422 valence electrons. The van der Waals surface area contributed by atoms with Crippen LogP contribution in [0.3, 0.4) is 0 Å². The van der Waals surface area contributed by atoms with Crippen molar-refractivity contribution in [3.8, 4) is 0 Å². The normalized spacial score (nSPS) is 15.1. The van der Waals surface area contributed by atoms with Crippen LogP contribution in [0.15, 0.2) is 170 Å². The second-order valence-corrected chi connectivity index (χ2v) is 21.4. The maximum atomic E-state index is 12.9. The zero-order chi connectivity index (χ0) is 54.9. The molecule has 0 heterocycles. The molecule has 0 saturated carbocycles. The van der Waals surface area contributed by atoms with Gasteiger partial charge in [0.15, 0.2) is 0 Å². The number of carbonyl (C=O) groups excluding carboxylic acids is 1. The Morgan fingerprint density at radius 2 is 0.813 bits per heavy atom. The van der Waals surface area contributed by atoms with Crippen LogP contribution in [-0.4, -0.2) is 73.4 Å². The number of amides is 1. The van der Waals surface area contributed by atoms with E-state index in [0.29, 0.717) is 17.4 Å². The Morgan fingerprint density at radius 1 is 0.467 bits per heavy atom. The number of phosphoric acid groups is 1. The first-order valence-corrected chi connectivity index (χ1v) is 30.5.